The molecular weight excluding hydrogens is 464 g/mol. The topological polar surface area (TPSA) is 85.4 Å². The van der Waals surface area contributed by atoms with Crippen LogP contribution in [0, 0.1) is 0 Å². The lowest BCUT2D eigenvalue weighted by atomic mass is 10.2. The van der Waals surface area contributed by atoms with Crippen LogP contribution in [0.3, 0.4) is 0 Å². The molecule has 0 radical (unpaired) electrons. The van der Waals surface area contributed by atoms with E-state index in [2.05, 4.69) is 0 Å². The highest BCUT2D eigenvalue weighted by Crippen LogP contribution is 2.31. The van der Waals surface area contributed by atoms with Gasteiger partial charge in [0.25, 0.3) is 15.9 Å². The molecule has 33 heavy (non-hydrogen) atoms. The second kappa shape index (κ2) is 9.72. The Morgan fingerprint density at radius 2 is 1.76 bits per heavy atom. The summed E-state index contributed by atoms with van der Waals surface area (Å²) in [6.07, 6.45) is 0. The van der Waals surface area contributed by atoms with E-state index in [0.717, 1.165) is 5.56 Å². The van der Waals surface area contributed by atoms with E-state index in [-0.39, 0.29) is 16.7 Å². The second-order valence-electron chi connectivity index (χ2n) is 7.42. The molecule has 2 aromatic carbocycles. The van der Waals surface area contributed by atoms with E-state index in [1.165, 1.54) is 22.7 Å². The van der Waals surface area contributed by atoms with E-state index in [9.17, 15) is 13.2 Å². The Labute approximate surface area is 197 Å². The summed E-state index contributed by atoms with van der Waals surface area (Å²) in [4.78, 5) is 14.1. The van der Waals surface area contributed by atoms with Crippen molar-refractivity contribution in [3.63, 3.8) is 0 Å². The predicted molar refractivity (Wildman–Crippen MR) is 126 cm³/mol. The number of amides is 1. The number of hydrogen-bond acceptors (Lipinski definition) is 7. The highest BCUT2D eigenvalue weighted by Gasteiger charge is 2.22. The fraction of sp³-hybridized carbons (Fsp3) is 0.261. The summed E-state index contributed by atoms with van der Waals surface area (Å²) in [6, 6.07) is 15.5. The van der Waals surface area contributed by atoms with Crippen LogP contribution < -0.4 is 18.5 Å². The molecule has 2 heterocycles. The minimum atomic E-state index is -3.60. The van der Waals surface area contributed by atoms with Crippen molar-refractivity contribution in [1.82, 2.24) is 4.90 Å². The van der Waals surface area contributed by atoms with Crippen LogP contribution in [0.4, 0.5) is 5.69 Å². The van der Waals surface area contributed by atoms with Gasteiger partial charge in [-0.3, -0.25) is 9.10 Å². The Kier molecular flexibility index (Phi) is 6.75. The lowest BCUT2D eigenvalue weighted by Crippen LogP contribution is -2.31. The fourth-order valence-corrected chi connectivity index (χ4v) is 5.60. The predicted octanol–water partition coefficient (Wildman–Crippen LogP) is 3.38. The van der Waals surface area contributed by atoms with E-state index < -0.39 is 10.0 Å². The molecule has 8 nitrogen and oxygen atoms in total. The van der Waals surface area contributed by atoms with E-state index in [0.29, 0.717) is 42.7 Å². The molecule has 1 aliphatic heterocycles. The zero-order valence-electron chi connectivity index (χ0n) is 18.3. The van der Waals surface area contributed by atoms with Gasteiger partial charge in [0.05, 0.1) is 5.69 Å². The van der Waals surface area contributed by atoms with Gasteiger partial charge in [0.2, 0.25) is 0 Å². The first-order valence-electron chi connectivity index (χ1n) is 10.2. The van der Waals surface area contributed by atoms with Gasteiger partial charge in [0, 0.05) is 20.6 Å². The van der Waals surface area contributed by atoms with Gasteiger partial charge in [0.15, 0.2) is 18.1 Å². The molecule has 1 amide bonds. The molecule has 0 bridgehead atoms. The molecule has 0 saturated carbocycles. The van der Waals surface area contributed by atoms with Gasteiger partial charge in [-0.15, -0.1) is 11.3 Å². The number of carbonyl (C=O) groups excluding carboxylic acids is 1. The lowest BCUT2D eigenvalue weighted by molar-refractivity contribution is -0.132. The SMILES string of the molecule is CN(Cc1ccc2c(c1)OCCO2)C(=O)COc1ccc(N(C)S(=O)(=O)c2cccs2)cc1. The maximum absolute atomic E-state index is 12.6. The molecule has 0 atom stereocenters. The number of sulfonamides is 1. The van der Waals surface area contributed by atoms with Crippen molar-refractivity contribution in [2.45, 2.75) is 10.8 Å². The zero-order chi connectivity index (χ0) is 23.4. The smallest absolute Gasteiger partial charge is 0.273 e. The number of fused-ring (bicyclic) bond motifs is 1. The Bertz CT molecular complexity index is 1210. The number of benzene rings is 2. The zero-order valence-corrected chi connectivity index (χ0v) is 19.9. The van der Waals surface area contributed by atoms with Gasteiger partial charge in [-0.1, -0.05) is 12.1 Å². The minimum absolute atomic E-state index is 0.135. The van der Waals surface area contributed by atoms with Crippen LogP contribution in [0.2, 0.25) is 0 Å². The standard InChI is InChI=1S/C23H24N2O6S2/c1-24(15-17-5-10-20-21(14-17)30-12-11-29-20)22(26)16-31-19-8-6-18(7-9-19)25(2)33(27,28)23-4-3-13-32-23/h3-10,13-14H,11-12,15-16H2,1-2H3. The van der Waals surface area contributed by atoms with Crippen molar-refractivity contribution in [1.29, 1.82) is 0 Å². The summed E-state index contributed by atoms with van der Waals surface area (Å²) in [5.41, 5.74) is 1.42. The maximum atomic E-state index is 12.6. The maximum Gasteiger partial charge on any atom is 0.273 e. The average molecular weight is 489 g/mol. The van der Waals surface area contributed by atoms with Crippen LogP contribution >= 0.6 is 11.3 Å². The molecule has 0 saturated heterocycles. The molecule has 3 aromatic rings. The molecule has 0 aliphatic carbocycles. The highest BCUT2D eigenvalue weighted by atomic mass is 32.2. The molecule has 0 N–H and O–H groups in total. The molecule has 0 spiro atoms. The van der Waals surface area contributed by atoms with Crippen molar-refractivity contribution >= 4 is 33.0 Å². The lowest BCUT2D eigenvalue weighted by Gasteiger charge is -2.21. The van der Waals surface area contributed by atoms with E-state index in [1.807, 2.05) is 18.2 Å². The van der Waals surface area contributed by atoms with Gasteiger partial charge in [-0.2, -0.15) is 0 Å². The number of carbonyl (C=O) groups is 1. The molecule has 0 fully saturated rings. The minimum Gasteiger partial charge on any atom is -0.486 e. The molecule has 10 heteroatoms. The third kappa shape index (κ3) is 5.23. The summed E-state index contributed by atoms with van der Waals surface area (Å²) in [6.45, 7) is 1.31. The van der Waals surface area contributed by atoms with Crippen molar-refractivity contribution in [3.8, 4) is 17.2 Å². The van der Waals surface area contributed by atoms with Gasteiger partial charge in [-0.25, -0.2) is 8.42 Å². The van der Waals surface area contributed by atoms with E-state index in [1.54, 1.807) is 53.7 Å². The van der Waals surface area contributed by atoms with Gasteiger partial charge in [-0.05, 0) is 53.4 Å². The van der Waals surface area contributed by atoms with Gasteiger partial charge >= 0.3 is 0 Å². The van der Waals surface area contributed by atoms with Crippen molar-refractivity contribution in [2.24, 2.45) is 0 Å². The number of rotatable bonds is 8. The molecule has 174 valence electrons. The highest BCUT2D eigenvalue weighted by molar-refractivity contribution is 7.94. The van der Waals surface area contributed by atoms with Crippen molar-refractivity contribution in [2.75, 3.05) is 38.2 Å². The Balaban J connectivity index is 1.32. The van der Waals surface area contributed by atoms with E-state index in [4.69, 9.17) is 14.2 Å². The number of nitrogens with zero attached hydrogens (tertiary/aromatic N) is 2. The molecule has 1 aromatic heterocycles. The number of thiophene rings is 1. The number of anilines is 1. The van der Waals surface area contributed by atoms with Crippen LogP contribution in [0.25, 0.3) is 0 Å². The first-order valence-corrected chi connectivity index (χ1v) is 12.5. The largest absolute Gasteiger partial charge is 0.486 e. The van der Waals surface area contributed by atoms with Crippen LogP contribution in [0.1, 0.15) is 5.56 Å². The van der Waals surface area contributed by atoms with Gasteiger partial charge < -0.3 is 19.1 Å². The Morgan fingerprint density at radius 1 is 1.03 bits per heavy atom. The number of hydrogen-bond donors (Lipinski definition) is 0. The summed E-state index contributed by atoms with van der Waals surface area (Å²) in [5.74, 6) is 1.68. The summed E-state index contributed by atoms with van der Waals surface area (Å²) >= 11 is 1.17. The Hall–Kier alpha value is -3.24. The molecule has 0 unspecified atom stereocenters. The summed E-state index contributed by atoms with van der Waals surface area (Å²) < 4.78 is 43.5. The number of ether oxygens (including phenoxy) is 3. The van der Waals surface area contributed by atoms with Crippen molar-refractivity contribution < 1.29 is 27.4 Å². The number of likely N-dealkylation sites (N-methyl/N-ethyl adjacent to an activating group) is 1. The average Bonchev–Trinajstić information content (AvgIpc) is 3.38. The quantitative estimate of drug-likeness (QED) is 0.483. The first-order chi connectivity index (χ1) is 15.8. The van der Waals surface area contributed by atoms with Crippen LogP contribution in [-0.2, 0) is 21.4 Å². The van der Waals surface area contributed by atoms with E-state index >= 15 is 0 Å². The third-order valence-electron chi connectivity index (χ3n) is 5.12. The third-order valence-corrected chi connectivity index (χ3v) is 8.28. The Morgan fingerprint density at radius 3 is 2.45 bits per heavy atom. The summed E-state index contributed by atoms with van der Waals surface area (Å²) in [7, 11) is -0.395. The molecule has 1 aliphatic rings. The van der Waals surface area contributed by atoms with Crippen LogP contribution in [0.5, 0.6) is 17.2 Å². The first kappa shape index (κ1) is 22.9. The van der Waals surface area contributed by atoms with Gasteiger partial charge in [0.1, 0.15) is 23.2 Å². The second-order valence-corrected chi connectivity index (χ2v) is 10.6. The van der Waals surface area contributed by atoms with Crippen LogP contribution in [-0.4, -0.2) is 53.1 Å². The fourth-order valence-electron chi connectivity index (χ4n) is 3.24. The van der Waals surface area contributed by atoms with Crippen LogP contribution in [0.15, 0.2) is 64.2 Å². The molecule has 4 rings (SSSR count). The molecular formula is C23H24N2O6S2. The summed E-state index contributed by atoms with van der Waals surface area (Å²) in [5, 5.41) is 1.72. The monoisotopic (exact) mass is 488 g/mol. The normalized spacial score (nSPS) is 12.8. The van der Waals surface area contributed by atoms with Crippen molar-refractivity contribution in [3.05, 3.63) is 65.5 Å².